The highest BCUT2D eigenvalue weighted by molar-refractivity contribution is 6.01. The number of nitrogens with one attached hydrogen (secondary N) is 1. The zero-order valence-corrected chi connectivity index (χ0v) is 15.0. The number of para-hydroxylation sites is 2. The highest BCUT2D eigenvalue weighted by atomic mass is 16.5. The van der Waals surface area contributed by atoms with Crippen LogP contribution in [-0.2, 0) is 6.54 Å². The number of fused-ring (bicyclic) bond motifs is 1. The largest absolute Gasteiger partial charge is 0.496 e. The van der Waals surface area contributed by atoms with E-state index in [0.29, 0.717) is 12.1 Å². The summed E-state index contributed by atoms with van der Waals surface area (Å²) in [5.41, 5.74) is 2.44. The third-order valence-electron chi connectivity index (χ3n) is 4.56. The monoisotopic (exact) mass is 360 g/mol. The van der Waals surface area contributed by atoms with E-state index in [1.165, 1.54) is 0 Å². The van der Waals surface area contributed by atoms with E-state index < -0.39 is 0 Å². The van der Waals surface area contributed by atoms with Crippen LogP contribution in [0.1, 0.15) is 21.7 Å². The smallest absolute Gasteiger partial charge is 0.258 e. The minimum absolute atomic E-state index is 0.0320. The van der Waals surface area contributed by atoms with Crippen molar-refractivity contribution in [2.45, 2.75) is 12.7 Å². The van der Waals surface area contributed by atoms with Gasteiger partial charge in [0.2, 0.25) is 0 Å². The van der Waals surface area contributed by atoms with Crippen molar-refractivity contribution < 1.29 is 13.9 Å². The molecule has 2 aromatic carbocycles. The third-order valence-corrected chi connectivity index (χ3v) is 4.56. The topological polar surface area (TPSA) is 54.7 Å². The summed E-state index contributed by atoms with van der Waals surface area (Å²) in [6, 6.07) is 19.0. The summed E-state index contributed by atoms with van der Waals surface area (Å²) in [5, 5.41) is 3.43. The number of hydrogen-bond acceptors (Lipinski definition) is 4. The lowest BCUT2D eigenvalue weighted by Gasteiger charge is -2.35. The van der Waals surface area contributed by atoms with Crippen molar-refractivity contribution in [3.8, 4) is 5.75 Å². The van der Waals surface area contributed by atoms with Gasteiger partial charge in [0.1, 0.15) is 17.7 Å². The van der Waals surface area contributed by atoms with Gasteiger partial charge < -0.3 is 19.4 Å². The second kappa shape index (κ2) is 7.41. The molecule has 0 saturated carbocycles. The van der Waals surface area contributed by atoms with Crippen LogP contribution in [0.4, 0.5) is 5.69 Å². The van der Waals surface area contributed by atoms with Crippen LogP contribution in [0, 0.1) is 0 Å². The van der Waals surface area contributed by atoms with Crippen molar-refractivity contribution in [3.05, 3.63) is 89.9 Å². The number of carbonyl (C=O) groups excluding carboxylic acids is 1. The van der Waals surface area contributed by atoms with Gasteiger partial charge in [0.15, 0.2) is 0 Å². The molecule has 0 spiro atoms. The van der Waals surface area contributed by atoms with E-state index in [4.69, 9.17) is 9.15 Å². The molecule has 0 aliphatic carbocycles. The van der Waals surface area contributed by atoms with Gasteiger partial charge in [-0.3, -0.25) is 4.79 Å². The van der Waals surface area contributed by atoms with Crippen molar-refractivity contribution in [2.24, 2.45) is 0 Å². The van der Waals surface area contributed by atoms with E-state index in [9.17, 15) is 4.79 Å². The van der Waals surface area contributed by atoms with Gasteiger partial charge in [-0.05, 0) is 36.4 Å². The van der Waals surface area contributed by atoms with Crippen molar-refractivity contribution >= 4 is 17.7 Å². The summed E-state index contributed by atoms with van der Waals surface area (Å²) < 4.78 is 10.9. The molecule has 3 aromatic rings. The maximum Gasteiger partial charge on any atom is 0.258 e. The molecule has 27 heavy (non-hydrogen) atoms. The van der Waals surface area contributed by atoms with Crippen LogP contribution in [0.3, 0.4) is 0 Å². The van der Waals surface area contributed by atoms with E-state index >= 15 is 0 Å². The molecule has 1 aliphatic heterocycles. The third kappa shape index (κ3) is 3.44. The lowest BCUT2D eigenvalue weighted by Crippen LogP contribution is -2.47. The number of furan rings is 1. The molecule has 1 amide bonds. The van der Waals surface area contributed by atoms with Crippen molar-refractivity contribution in [3.63, 3.8) is 0 Å². The van der Waals surface area contributed by atoms with Gasteiger partial charge in [0.05, 0.1) is 25.5 Å². The first-order chi connectivity index (χ1) is 13.3. The zero-order valence-electron chi connectivity index (χ0n) is 15.0. The normalized spacial score (nSPS) is 16.3. The molecule has 2 heterocycles. The number of rotatable bonds is 5. The lowest BCUT2D eigenvalue weighted by atomic mass is 10.1. The summed E-state index contributed by atoms with van der Waals surface area (Å²) >= 11 is 0. The number of amides is 1. The maximum atomic E-state index is 13.1. The molecule has 136 valence electrons. The minimum atomic E-state index is -0.303. The van der Waals surface area contributed by atoms with Crippen LogP contribution < -0.4 is 10.1 Å². The Morgan fingerprint density at radius 1 is 1.11 bits per heavy atom. The van der Waals surface area contributed by atoms with E-state index in [1.807, 2.05) is 72.8 Å². The molecule has 5 nitrogen and oxygen atoms in total. The Balaban J connectivity index is 1.67. The Hall–Kier alpha value is -3.47. The summed E-state index contributed by atoms with van der Waals surface area (Å²) in [6.07, 6.45) is 5.24. The number of nitrogens with zero attached hydrogens (tertiary/aromatic N) is 1. The zero-order chi connectivity index (χ0) is 18.6. The van der Waals surface area contributed by atoms with Gasteiger partial charge in [0.25, 0.3) is 5.91 Å². The first-order valence-electron chi connectivity index (χ1n) is 8.76. The van der Waals surface area contributed by atoms with Gasteiger partial charge in [-0.15, -0.1) is 0 Å². The minimum Gasteiger partial charge on any atom is -0.496 e. The van der Waals surface area contributed by atoms with Gasteiger partial charge in [-0.1, -0.05) is 36.4 Å². The average Bonchev–Trinajstić information content (AvgIpc) is 3.22. The molecule has 1 aliphatic rings. The molecule has 5 heteroatoms. The van der Waals surface area contributed by atoms with E-state index in [1.54, 1.807) is 18.3 Å². The molecular weight excluding hydrogens is 340 g/mol. The van der Waals surface area contributed by atoms with Crippen LogP contribution in [0.5, 0.6) is 5.75 Å². The molecule has 1 aromatic heterocycles. The highest BCUT2D eigenvalue weighted by Gasteiger charge is 2.30. The highest BCUT2D eigenvalue weighted by Crippen LogP contribution is 2.28. The number of anilines is 1. The lowest BCUT2D eigenvalue weighted by molar-refractivity contribution is 0.0690. The Morgan fingerprint density at radius 3 is 2.74 bits per heavy atom. The van der Waals surface area contributed by atoms with Crippen LogP contribution in [-0.4, -0.2) is 24.1 Å². The second-order valence-electron chi connectivity index (χ2n) is 6.25. The fourth-order valence-electron chi connectivity index (χ4n) is 3.21. The quantitative estimate of drug-likeness (QED) is 0.733. The molecule has 0 saturated heterocycles. The fourth-order valence-corrected chi connectivity index (χ4v) is 3.21. The van der Waals surface area contributed by atoms with Crippen molar-refractivity contribution in [1.82, 2.24) is 4.90 Å². The molecule has 0 bridgehead atoms. The Bertz CT molecular complexity index is 963. The van der Waals surface area contributed by atoms with E-state index in [0.717, 1.165) is 22.8 Å². The summed E-state index contributed by atoms with van der Waals surface area (Å²) in [6.45, 7) is 0.383. The van der Waals surface area contributed by atoms with Gasteiger partial charge in [0, 0.05) is 11.3 Å². The summed E-state index contributed by atoms with van der Waals surface area (Å²) in [4.78, 5) is 14.8. The van der Waals surface area contributed by atoms with Crippen LogP contribution in [0.15, 0.2) is 77.4 Å². The summed E-state index contributed by atoms with van der Waals surface area (Å²) in [7, 11) is 1.65. The molecule has 1 N–H and O–H groups in total. The number of ether oxygens (including phenoxy) is 1. The SMILES string of the molecule is COc1ccccc1/C=C/[C@H]1Nc2ccccc2C(=O)N1Cc1ccco1. The molecule has 4 rings (SSSR count). The Morgan fingerprint density at radius 2 is 1.93 bits per heavy atom. The number of carbonyl (C=O) groups is 1. The van der Waals surface area contributed by atoms with Crippen molar-refractivity contribution in [2.75, 3.05) is 12.4 Å². The average molecular weight is 360 g/mol. The predicted molar refractivity (Wildman–Crippen MR) is 104 cm³/mol. The van der Waals surface area contributed by atoms with Crippen LogP contribution in [0.25, 0.3) is 6.08 Å². The first-order valence-corrected chi connectivity index (χ1v) is 8.76. The van der Waals surface area contributed by atoms with Gasteiger partial charge in [-0.25, -0.2) is 0 Å². The number of methoxy groups -OCH3 is 1. The van der Waals surface area contributed by atoms with Crippen LogP contribution in [0.2, 0.25) is 0 Å². The Labute approximate surface area is 157 Å². The molecular formula is C22H20N2O3. The molecule has 0 radical (unpaired) electrons. The second-order valence-corrected chi connectivity index (χ2v) is 6.25. The molecule has 0 fully saturated rings. The molecule has 1 atom stereocenters. The maximum absolute atomic E-state index is 13.1. The standard InChI is InChI=1S/C22H20N2O3/c1-26-20-11-5-2-7-16(20)12-13-21-23-19-10-4-3-9-18(19)22(25)24(21)15-17-8-6-14-27-17/h2-14,21,23H,15H2,1H3/b13-12+/t21-/m0/s1. The van der Waals surface area contributed by atoms with Crippen molar-refractivity contribution in [1.29, 1.82) is 0 Å². The van der Waals surface area contributed by atoms with Gasteiger partial charge in [-0.2, -0.15) is 0 Å². The number of hydrogen-bond donors (Lipinski definition) is 1. The van der Waals surface area contributed by atoms with E-state index in [-0.39, 0.29) is 12.1 Å². The van der Waals surface area contributed by atoms with Gasteiger partial charge >= 0.3 is 0 Å². The van der Waals surface area contributed by atoms with E-state index in [2.05, 4.69) is 5.32 Å². The Kier molecular flexibility index (Phi) is 4.66. The molecule has 0 unspecified atom stereocenters. The predicted octanol–water partition coefficient (Wildman–Crippen LogP) is 4.40. The first kappa shape index (κ1) is 17.0. The van der Waals surface area contributed by atoms with Crippen LogP contribution >= 0.6 is 0 Å². The fraction of sp³-hybridized carbons (Fsp3) is 0.136. The number of benzene rings is 2. The summed E-state index contributed by atoms with van der Waals surface area (Å²) in [5.74, 6) is 1.49.